The molecule has 1 aromatic carbocycles. The molecule has 107 valence electrons. The second-order valence-electron chi connectivity index (χ2n) is 5.42. The zero-order valence-electron chi connectivity index (χ0n) is 11.4. The lowest BCUT2D eigenvalue weighted by Gasteiger charge is -2.16. The van der Waals surface area contributed by atoms with E-state index in [0.29, 0.717) is 18.5 Å². The van der Waals surface area contributed by atoms with Crippen molar-refractivity contribution in [3.05, 3.63) is 29.3 Å². The van der Waals surface area contributed by atoms with Crippen LogP contribution in [0.2, 0.25) is 0 Å². The number of amides is 3. The fourth-order valence-electron chi connectivity index (χ4n) is 3.02. The van der Waals surface area contributed by atoms with Gasteiger partial charge in [-0.3, -0.25) is 19.7 Å². The summed E-state index contributed by atoms with van der Waals surface area (Å²) in [7, 11) is 0. The number of rotatable bonds is 2. The number of nitrogens with two attached hydrogens (primary N) is 1. The first-order chi connectivity index (χ1) is 9.52. The summed E-state index contributed by atoms with van der Waals surface area (Å²) in [6.07, 6.45) is 1.35. The zero-order valence-corrected chi connectivity index (χ0v) is 11.4. The van der Waals surface area contributed by atoms with E-state index in [-0.39, 0.29) is 39.1 Å². The summed E-state index contributed by atoms with van der Waals surface area (Å²) < 4.78 is 0. The van der Waals surface area contributed by atoms with Gasteiger partial charge >= 0.3 is 0 Å². The summed E-state index contributed by atoms with van der Waals surface area (Å²) in [6, 6.07) is 5.54. The fraction of sp³-hybridized carbons (Fsp3) is 0.357. The van der Waals surface area contributed by atoms with Gasteiger partial charge in [0.2, 0.25) is 17.7 Å². The summed E-state index contributed by atoms with van der Waals surface area (Å²) >= 11 is 0. The molecule has 1 fully saturated rings. The molecule has 1 unspecified atom stereocenters. The molecule has 1 heterocycles. The lowest BCUT2D eigenvalue weighted by Crippen LogP contribution is -2.32. The van der Waals surface area contributed by atoms with Gasteiger partial charge in [0, 0.05) is 20.5 Å². The number of carbonyl (C=O) groups is 3. The zero-order chi connectivity index (χ0) is 14.3. The molecule has 1 aromatic rings. The molecular weight excluding hydrogens is 269 g/mol. The Kier molecular flexibility index (Phi) is 3.87. The third kappa shape index (κ3) is 2.56. The molecule has 0 saturated carbocycles. The Hall–Kier alpha value is -2.15. The molecule has 3 rings (SSSR count). The molecule has 1 atom stereocenters. The average molecular weight is 284 g/mol. The van der Waals surface area contributed by atoms with Crippen molar-refractivity contribution in [2.75, 3.05) is 11.9 Å². The van der Waals surface area contributed by atoms with E-state index in [1.54, 1.807) is 6.07 Å². The molecule has 7 heteroatoms. The Balaban J connectivity index is 0.00000161. The lowest BCUT2D eigenvalue weighted by molar-refractivity contribution is -0.128. The van der Waals surface area contributed by atoms with E-state index in [1.807, 2.05) is 12.1 Å². The highest BCUT2D eigenvalue weighted by atomic mass is 16.2. The Bertz CT molecular complexity index is 632. The summed E-state index contributed by atoms with van der Waals surface area (Å²) in [5.41, 5.74) is 7.36. The number of carbonyl (C=O) groups excluding carboxylic acids is 3. The molecule has 6 nitrogen and oxygen atoms in total. The van der Waals surface area contributed by atoms with E-state index < -0.39 is 5.41 Å². The Morgan fingerprint density at radius 2 is 1.95 bits per heavy atom. The molecule has 1 spiro atoms. The smallest absolute Gasteiger partial charge is 0.238 e. The molecule has 4 N–H and O–H groups in total. The fourth-order valence-corrected chi connectivity index (χ4v) is 3.02. The van der Waals surface area contributed by atoms with E-state index in [2.05, 4.69) is 10.6 Å². The van der Waals surface area contributed by atoms with Crippen LogP contribution in [-0.4, -0.2) is 32.7 Å². The van der Waals surface area contributed by atoms with E-state index in [0.717, 1.165) is 11.1 Å². The van der Waals surface area contributed by atoms with Gasteiger partial charge in [0.1, 0.15) is 0 Å². The van der Waals surface area contributed by atoms with Crippen LogP contribution in [0.3, 0.4) is 0 Å². The topological polar surface area (TPSA) is 101 Å². The summed E-state index contributed by atoms with van der Waals surface area (Å²) in [6.45, 7) is -0.0715. The minimum atomic E-state index is -0.629. The van der Waals surface area contributed by atoms with Gasteiger partial charge in [0.25, 0.3) is 0 Å². The Morgan fingerprint density at radius 1 is 1.24 bits per heavy atom. The molecule has 1 aliphatic heterocycles. The molecule has 1 aliphatic carbocycles. The highest BCUT2D eigenvalue weighted by Crippen LogP contribution is 2.43. The minimum absolute atomic E-state index is 0. The third-order valence-electron chi connectivity index (χ3n) is 3.97. The Morgan fingerprint density at radius 3 is 2.57 bits per heavy atom. The number of anilines is 1. The summed E-state index contributed by atoms with van der Waals surface area (Å²) in [5.74, 6) is -0.655. The maximum absolute atomic E-state index is 12.0. The maximum atomic E-state index is 12.0. The van der Waals surface area contributed by atoms with E-state index >= 15 is 0 Å². The van der Waals surface area contributed by atoms with Crippen LogP contribution in [0, 0.1) is 5.41 Å². The van der Waals surface area contributed by atoms with Gasteiger partial charge in [0.05, 0.1) is 12.0 Å². The lowest BCUT2D eigenvalue weighted by atomic mass is 9.83. The van der Waals surface area contributed by atoms with Crippen LogP contribution < -0.4 is 16.4 Å². The quantitative estimate of drug-likeness (QED) is 0.495. The maximum Gasteiger partial charge on any atom is 0.238 e. The van der Waals surface area contributed by atoms with Crippen molar-refractivity contribution in [3.63, 3.8) is 0 Å². The largest absolute Gasteiger partial charge is 0.325 e. The van der Waals surface area contributed by atoms with Gasteiger partial charge in [-0.05, 0) is 36.1 Å². The highest BCUT2D eigenvalue weighted by molar-refractivity contribution is 6.06. The number of imide groups is 1. The first-order valence-corrected chi connectivity index (χ1v) is 6.48. The first-order valence-electron chi connectivity index (χ1n) is 6.48. The van der Waals surface area contributed by atoms with Crippen LogP contribution in [0.5, 0.6) is 0 Å². The van der Waals surface area contributed by atoms with Crippen molar-refractivity contribution in [1.29, 1.82) is 0 Å². The number of hydrogen-bond acceptors (Lipinski definition) is 4. The van der Waals surface area contributed by atoms with E-state index in [1.165, 1.54) is 0 Å². The van der Waals surface area contributed by atoms with Gasteiger partial charge in [-0.2, -0.15) is 0 Å². The molecule has 21 heavy (non-hydrogen) atoms. The van der Waals surface area contributed by atoms with Crippen molar-refractivity contribution >= 4 is 31.8 Å². The van der Waals surface area contributed by atoms with Crippen LogP contribution in [0.1, 0.15) is 17.5 Å². The van der Waals surface area contributed by atoms with E-state index in [4.69, 9.17) is 5.73 Å². The van der Waals surface area contributed by atoms with Crippen LogP contribution in [0.4, 0.5) is 5.69 Å². The Labute approximate surface area is 124 Å². The molecular formula is C14H15BN3O3. The van der Waals surface area contributed by atoms with Gasteiger partial charge in [-0.1, -0.05) is 6.07 Å². The first kappa shape index (κ1) is 15.2. The van der Waals surface area contributed by atoms with Gasteiger partial charge in [0.15, 0.2) is 0 Å². The van der Waals surface area contributed by atoms with Crippen LogP contribution in [0.15, 0.2) is 18.2 Å². The van der Waals surface area contributed by atoms with Crippen molar-refractivity contribution in [1.82, 2.24) is 5.32 Å². The number of hydrogen-bond donors (Lipinski definition) is 3. The van der Waals surface area contributed by atoms with Crippen molar-refractivity contribution in [2.24, 2.45) is 11.1 Å². The minimum Gasteiger partial charge on any atom is -0.325 e. The van der Waals surface area contributed by atoms with Crippen molar-refractivity contribution in [3.8, 4) is 0 Å². The van der Waals surface area contributed by atoms with Crippen LogP contribution >= 0.6 is 0 Å². The summed E-state index contributed by atoms with van der Waals surface area (Å²) in [4.78, 5) is 34.7. The van der Waals surface area contributed by atoms with Crippen LogP contribution in [-0.2, 0) is 27.2 Å². The molecule has 0 bridgehead atoms. The molecule has 3 amide bonds. The van der Waals surface area contributed by atoms with Gasteiger partial charge in [-0.25, -0.2) is 0 Å². The molecule has 1 saturated heterocycles. The third-order valence-corrected chi connectivity index (χ3v) is 3.97. The predicted octanol–water partition coefficient (Wildman–Crippen LogP) is -0.665. The SMILES string of the molecule is NCC(=O)Nc1ccc2c(c1)CC1(CC(=O)NC1=O)C2.[B]. The monoisotopic (exact) mass is 284 g/mol. The molecule has 0 aromatic heterocycles. The number of benzene rings is 1. The normalized spacial score (nSPS) is 22.7. The van der Waals surface area contributed by atoms with Gasteiger partial charge < -0.3 is 11.1 Å². The summed E-state index contributed by atoms with van der Waals surface area (Å²) in [5, 5.41) is 5.07. The highest BCUT2D eigenvalue weighted by Gasteiger charge is 2.50. The van der Waals surface area contributed by atoms with Crippen molar-refractivity contribution in [2.45, 2.75) is 19.3 Å². The number of fused-ring (bicyclic) bond motifs is 1. The second kappa shape index (κ2) is 5.33. The average Bonchev–Trinajstić information content (AvgIpc) is 2.89. The molecule has 2 aliphatic rings. The second-order valence-corrected chi connectivity index (χ2v) is 5.42. The van der Waals surface area contributed by atoms with Gasteiger partial charge in [-0.15, -0.1) is 0 Å². The predicted molar refractivity (Wildman–Crippen MR) is 77.5 cm³/mol. The standard InChI is InChI=1S/C14H15N3O3.B/c15-7-12(19)16-10-2-1-8-4-14(5-9(8)3-10)6-11(18)17-13(14)20;/h1-3H,4-7,15H2,(H,16,19)(H,17,18,20);. The van der Waals surface area contributed by atoms with E-state index in [9.17, 15) is 14.4 Å². The van der Waals surface area contributed by atoms with Crippen LogP contribution in [0.25, 0.3) is 0 Å². The molecule has 3 radical (unpaired) electrons. The number of nitrogens with one attached hydrogen (secondary N) is 2. The van der Waals surface area contributed by atoms with Crippen molar-refractivity contribution < 1.29 is 14.4 Å².